The molecule has 0 unspecified atom stereocenters. The first-order valence-corrected chi connectivity index (χ1v) is 9.68. The van der Waals surface area contributed by atoms with Gasteiger partial charge in [0, 0.05) is 13.0 Å². The number of sulfonamides is 1. The van der Waals surface area contributed by atoms with Crippen molar-refractivity contribution >= 4 is 22.0 Å². The van der Waals surface area contributed by atoms with Crippen LogP contribution in [0.4, 0.5) is 0 Å². The van der Waals surface area contributed by atoms with Crippen molar-refractivity contribution < 1.29 is 17.7 Å². The number of hydrogen-bond acceptors (Lipinski definition) is 6. The highest BCUT2D eigenvalue weighted by Crippen LogP contribution is 2.39. The first-order chi connectivity index (χ1) is 12.3. The van der Waals surface area contributed by atoms with Gasteiger partial charge in [0.05, 0.1) is 4.90 Å². The number of aromatic nitrogens is 2. The van der Waals surface area contributed by atoms with Gasteiger partial charge in [0.15, 0.2) is 5.82 Å². The van der Waals surface area contributed by atoms with Crippen LogP contribution in [0.3, 0.4) is 0 Å². The minimum absolute atomic E-state index is 0.169. The lowest BCUT2D eigenvalue weighted by Crippen LogP contribution is -2.51. The minimum Gasteiger partial charge on any atom is -0.340 e. The van der Waals surface area contributed by atoms with E-state index in [4.69, 9.17) is 4.52 Å². The van der Waals surface area contributed by atoms with Crippen LogP contribution in [0.1, 0.15) is 36.5 Å². The van der Waals surface area contributed by atoms with Crippen LogP contribution < -0.4 is 10.0 Å². The van der Waals surface area contributed by atoms with Crippen molar-refractivity contribution in [1.29, 1.82) is 0 Å². The zero-order chi connectivity index (χ0) is 18.8. The van der Waals surface area contributed by atoms with Crippen LogP contribution in [0.25, 0.3) is 6.08 Å². The fourth-order valence-electron chi connectivity index (χ4n) is 2.75. The van der Waals surface area contributed by atoms with Gasteiger partial charge in [-0.05, 0) is 50.1 Å². The van der Waals surface area contributed by atoms with Crippen molar-refractivity contribution in [2.45, 2.75) is 36.6 Å². The van der Waals surface area contributed by atoms with Gasteiger partial charge in [-0.25, -0.2) is 13.1 Å². The number of carbonyl (C=O) groups is 1. The molecule has 0 radical (unpaired) electrons. The van der Waals surface area contributed by atoms with Crippen molar-refractivity contribution in [3.63, 3.8) is 0 Å². The standard InChI is InChI=1S/C17H20N4O4S/c1-12-19-16(21-25-12)17(10-3-11-17)20-15(22)9-6-13-4-7-14(8-5-13)26(23,24)18-2/h4-9,18H,3,10-11H2,1-2H3,(H,20,22). The SMILES string of the molecule is CNS(=O)(=O)c1ccc(C=CC(=O)NC2(c3noc(C)n3)CCC2)cc1. The van der Waals surface area contributed by atoms with E-state index in [1.54, 1.807) is 25.1 Å². The summed E-state index contributed by atoms with van der Waals surface area (Å²) in [5.74, 6) is 0.705. The molecule has 1 fully saturated rings. The van der Waals surface area contributed by atoms with Crippen LogP contribution in [-0.2, 0) is 20.4 Å². The van der Waals surface area contributed by atoms with Gasteiger partial charge in [-0.2, -0.15) is 4.98 Å². The molecule has 0 aliphatic heterocycles. The Kier molecular flexibility index (Phi) is 4.92. The van der Waals surface area contributed by atoms with Gasteiger partial charge < -0.3 is 9.84 Å². The van der Waals surface area contributed by atoms with E-state index in [1.807, 2.05) is 0 Å². The maximum Gasteiger partial charge on any atom is 0.244 e. The highest BCUT2D eigenvalue weighted by atomic mass is 32.2. The molecule has 3 rings (SSSR count). The number of benzene rings is 1. The Bertz CT molecular complexity index is 928. The summed E-state index contributed by atoms with van der Waals surface area (Å²) in [6.07, 6.45) is 5.55. The van der Waals surface area contributed by atoms with Crippen molar-refractivity contribution in [2.75, 3.05) is 7.05 Å². The van der Waals surface area contributed by atoms with Crippen LogP contribution >= 0.6 is 0 Å². The van der Waals surface area contributed by atoms with Crippen LogP contribution in [0.5, 0.6) is 0 Å². The second-order valence-corrected chi connectivity index (χ2v) is 8.06. The maximum atomic E-state index is 12.3. The average Bonchev–Trinajstić information content (AvgIpc) is 3.03. The molecule has 0 spiro atoms. The van der Waals surface area contributed by atoms with Gasteiger partial charge in [-0.3, -0.25) is 4.79 Å². The maximum absolute atomic E-state index is 12.3. The summed E-state index contributed by atoms with van der Waals surface area (Å²) in [7, 11) is -2.11. The number of amides is 1. The van der Waals surface area contributed by atoms with E-state index in [2.05, 4.69) is 20.2 Å². The van der Waals surface area contributed by atoms with Crippen molar-refractivity contribution in [2.24, 2.45) is 0 Å². The molecule has 138 valence electrons. The number of nitrogens with one attached hydrogen (secondary N) is 2. The summed E-state index contributed by atoms with van der Waals surface area (Å²) in [5.41, 5.74) is 0.150. The lowest BCUT2D eigenvalue weighted by Gasteiger charge is -2.39. The predicted octanol–water partition coefficient (Wildman–Crippen LogP) is 1.49. The molecule has 1 aliphatic rings. The fraction of sp³-hybridized carbons (Fsp3) is 0.353. The van der Waals surface area contributed by atoms with E-state index in [0.29, 0.717) is 17.3 Å². The van der Waals surface area contributed by atoms with Crippen LogP contribution in [0.15, 0.2) is 39.8 Å². The normalized spacial score (nSPS) is 16.4. The molecular weight excluding hydrogens is 356 g/mol. The van der Waals surface area contributed by atoms with Crippen LogP contribution in [-0.4, -0.2) is 31.5 Å². The zero-order valence-corrected chi connectivity index (χ0v) is 15.3. The largest absolute Gasteiger partial charge is 0.340 e. The number of nitrogens with zero attached hydrogens (tertiary/aromatic N) is 2. The molecule has 0 bridgehead atoms. The third-order valence-electron chi connectivity index (χ3n) is 4.41. The number of carbonyl (C=O) groups excluding carboxylic acids is 1. The Morgan fingerprint density at radius 3 is 2.46 bits per heavy atom. The van der Waals surface area contributed by atoms with Gasteiger partial charge in [0.1, 0.15) is 5.54 Å². The number of hydrogen-bond donors (Lipinski definition) is 2. The summed E-state index contributed by atoms with van der Waals surface area (Å²) >= 11 is 0. The fourth-order valence-corrected chi connectivity index (χ4v) is 3.48. The van der Waals surface area contributed by atoms with Crippen LogP contribution in [0, 0.1) is 6.92 Å². The molecule has 2 N–H and O–H groups in total. The predicted molar refractivity (Wildman–Crippen MR) is 94.4 cm³/mol. The molecule has 1 amide bonds. The smallest absolute Gasteiger partial charge is 0.244 e. The molecule has 1 aromatic carbocycles. The summed E-state index contributed by atoms with van der Waals surface area (Å²) in [4.78, 5) is 16.7. The zero-order valence-electron chi connectivity index (χ0n) is 14.5. The lowest BCUT2D eigenvalue weighted by molar-refractivity contribution is -0.119. The Morgan fingerprint density at radius 1 is 1.27 bits per heavy atom. The van der Waals surface area contributed by atoms with E-state index in [0.717, 1.165) is 19.3 Å². The monoisotopic (exact) mass is 376 g/mol. The molecule has 1 aliphatic carbocycles. The topological polar surface area (TPSA) is 114 Å². The van der Waals surface area contributed by atoms with Crippen molar-refractivity contribution in [1.82, 2.24) is 20.2 Å². The number of rotatable bonds is 6. The van der Waals surface area contributed by atoms with Gasteiger partial charge in [0.25, 0.3) is 0 Å². The van der Waals surface area contributed by atoms with Gasteiger partial charge in [-0.15, -0.1) is 0 Å². The Hall–Kier alpha value is -2.52. The minimum atomic E-state index is -3.47. The van der Waals surface area contributed by atoms with Crippen molar-refractivity contribution in [3.8, 4) is 0 Å². The molecule has 1 saturated carbocycles. The van der Waals surface area contributed by atoms with E-state index in [-0.39, 0.29) is 10.8 Å². The molecule has 2 aromatic rings. The first-order valence-electron chi connectivity index (χ1n) is 8.19. The molecule has 26 heavy (non-hydrogen) atoms. The summed E-state index contributed by atoms with van der Waals surface area (Å²) < 4.78 is 30.7. The molecule has 8 nitrogen and oxygen atoms in total. The third-order valence-corrected chi connectivity index (χ3v) is 5.84. The third kappa shape index (κ3) is 3.68. The lowest BCUT2D eigenvalue weighted by atomic mass is 9.76. The highest BCUT2D eigenvalue weighted by Gasteiger charge is 2.43. The highest BCUT2D eigenvalue weighted by molar-refractivity contribution is 7.89. The molecule has 1 heterocycles. The summed E-state index contributed by atoms with van der Waals surface area (Å²) in [5, 5.41) is 6.89. The van der Waals surface area contributed by atoms with Crippen molar-refractivity contribution in [3.05, 3.63) is 47.6 Å². The quantitative estimate of drug-likeness (QED) is 0.739. The molecular formula is C17H20N4O4S. The summed E-state index contributed by atoms with van der Waals surface area (Å²) in [6, 6.07) is 6.24. The Balaban J connectivity index is 1.68. The van der Waals surface area contributed by atoms with Gasteiger partial charge >= 0.3 is 0 Å². The van der Waals surface area contributed by atoms with Gasteiger partial charge in [-0.1, -0.05) is 17.3 Å². The second kappa shape index (κ2) is 7.00. The Morgan fingerprint density at radius 2 is 1.96 bits per heavy atom. The van der Waals surface area contributed by atoms with E-state index in [9.17, 15) is 13.2 Å². The molecule has 0 atom stereocenters. The molecule has 0 saturated heterocycles. The molecule has 1 aromatic heterocycles. The molecule has 9 heteroatoms. The number of aryl methyl sites for hydroxylation is 1. The van der Waals surface area contributed by atoms with Gasteiger partial charge in [0.2, 0.25) is 21.8 Å². The van der Waals surface area contributed by atoms with Crippen LogP contribution in [0.2, 0.25) is 0 Å². The second-order valence-electron chi connectivity index (χ2n) is 6.17. The van der Waals surface area contributed by atoms with E-state index >= 15 is 0 Å². The first kappa shape index (κ1) is 18.3. The summed E-state index contributed by atoms with van der Waals surface area (Å²) in [6.45, 7) is 1.71. The Labute approximate surface area is 151 Å². The van der Waals surface area contributed by atoms with E-state index < -0.39 is 15.6 Å². The van der Waals surface area contributed by atoms with E-state index in [1.165, 1.54) is 25.3 Å². The average molecular weight is 376 g/mol.